The monoisotopic (exact) mass is 542 g/mol. The minimum Gasteiger partial charge on any atom is -0.497 e. The summed E-state index contributed by atoms with van der Waals surface area (Å²) in [6.45, 7) is 0.153. The zero-order chi connectivity index (χ0) is 27.7. The summed E-state index contributed by atoms with van der Waals surface area (Å²) in [5.41, 5.74) is -1.88. The van der Waals surface area contributed by atoms with Gasteiger partial charge in [-0.2, -0.15) is 23.3 Å². The van der Waals surface area contributed by atoms with Gasteiger partial charge in [0, 0.05) is 12.6 Å². The van der Waals surface area contributed by atoms with Crippen LogP contribution in [0.15, 0.2) is 60.8 Å². The fourth-order valence-electron chi connectivity index (χ4n) is 4.24. The quantitative estimate of drug-likeness (QED) is 0.346. The number of nitrogens with zero attached hydrogens (tertiary/aromatic N) is 4. The van der Waals surface area contributed by atoms with E-state index in [0.717, 1.165) is 11.1 Å². The van der Waals surface area contributed by atoms with Gasteiger partial charge in [-0.15, -0.1) is 0 Å². The molecule has 1 fully saturated rings. The second-order valence-corrected chi connectivity index (χ2v) is 8.62. The number of fused-ring (bicyclic) bond motifs is 1. The molecule has 1 amide bonds. The molecular formula is C26H21F3N4O6. The molecular weight excluding hydrogens is 521 g/mol. The largest absolute Gasteiger partial charge is 0.497 e. The third kappa shape index (κ3) is 5.28. The van der Waals surface area contributed by atoms with Crippen molar-refractivity contribution in [1.29, 1.82) is 0 Å². The van der Waals surface area contributed by atoms with Crippen molar-refractivity contribution in [2.24, 2.45) is 0 Å². The van der Waals surface area contributed by atoms with E-state index in [1.165, 1.54) is 12.1 Å². The number of methoxy groups -OCH3 is 1. The number of carbonyl (C=O) groups is 2. The van der Waals surface area contributed by atoms with E-state index in [1.807, 2.05) is 0 Å². The number of carboxylic acid groups (broad SMARTS) is 1. The first kappa shape index (κ1) is 25.8. The number of carboxylic acids is 1. The Morgan fingerprint density at radius 2 is 1.56 bits per heavy atom. The van der Waals surface area contributed by atoms with Crippen LogP contribution in [0.2, 0.25) is 0 Å². The van der Waals surface area contributed by atoms with Gasteiger partial charge in [-0.1, -0.05) is 0 Å². The van der Waals surface area contributed by atoms with Crippen molar-refractivity contribution in [1.82, 2.24) is 19.5 Å². The summed E-state index contributed by atoms with van der Waals surface area (Å²) in [6, 6.07) is 12.6. The molecule has 3 heterocycles. The first-order valence-corrected chi connectivity index (χ1v) is 11.7. The molecule has 202 valence electrons. The second kappa shape index (κ2) is 10.2. The maximum absolute atomic E-state index is 13.9. The number of alkyl halides is 3. The number of likely N-dealkylation sites (tertiary alicyclic amines) is 1. The van der Waals surface area contributed by atoms with Gasteiger partial charge in [0.15, 0.2) is 11.3 Å². The number of rotatable bonds is 7. The third-order valence-corrected chi connectivity index (χ3v) is 6.11. The topological polar surface area (TPSA) is 115 Å². The van der Waals surface area contributed by atoms with Crippen molar-refractivity contribution in [3.63, 3.8) is 0 Å². The molecule has 0 unspecified atom stereocenters. The van der Waals surface area contributed by atoms with E-state index in [1.54, 1.807) is 43.5 Å². The number of carbonyl (C=O) groups excluding carboxylic acids is 1. The van der Waals surface area contributed by atoms with Crippen molar-refractivity contribution in [3.8, 4) is 28.9 Å². The summed E-state index contributed by atoms with van der Waals surface area (Å²) in [5, 5.41) is 13.1. The van der Waals surface area contributed by atoms with Crippen LogP contribution in [0.4, 0.5) is 13.2 Å². The number of amides is 1. The van der Waals surface area contributed by atoms with E-state index < -0.39 is 41.3 Å². The summed E-state index contributed by atoms with van der Waals surface area (Å²) >= 11 is 0. The molecule has 2 aromatic heterocycles. The Balaban J connectivity index is 1.43. The smallest absolute Gasteiger partial charge is 0.433 e. The number of aliphatic carboxylic acids is 1. The fraction of sp³-hybridized carbons (Fsp3) is 0.231. The highest BCUT2D eigenvalue weighted by Gasteiger charge is 2.39. The fourth-order valence-corrected chi connectivity index (χ4v) is 4.24. The average molecular weight is 542 g/mol. The summed E-state index contributed by atoms with van der Waals surface area (Å²) < 4.78 is 58.6. The second-order valence-electron chi connectivity index (χ2n) is 8.62. The minimum atomic E-state index is -4.85. The molecule has 1 saturated heterocycles. The van der Waals surface area contributed by atoms with Crippen molar-refractivity contribution in [2.75, 3.05) is 13.7 Å². The maximum Gasteiger partial charge on any atom is 0.433 e. The lowest BCUT2D eigenvalue weighted by Gasteiger charge is -2.20. The average Bonchev–Trinajstić information content (AvgIpc) is 3.57. The summed E-state index contributed by atoms with van der Waals surface area (Å²) in [4.78, 5) is 29.9. The van der Waals surface area contributed by atoms with E-state index in [-0.39, 0.29) is 24.3 Å². The van der Waals surface area contributed by atoms with Gasteiger partial charge in [0.1, 0.15) is 34.6 Å². The molecule has 2 aromatic carbocycles. The first-order valence-electron chi connectivity index (χ1n) is 11.7. The summed E-state index contributed by atoms with van der Waals surface area (Å²) in [6.07, 6.45) is -3.20. The number of hydrogen-bond donors (Lipinski definition) is 1. The lowest BCUT2D eigenvalue weighted by Crippen LogP contribution is -2.40. The number of halogens is 3. The Morgan fingerprint density at radius 3 is 2.13 bits per heavy atom. The van der Waals surface area contributed by atoms with Crippen LogP contribution in [0.1, 0.15) is 28.9 Å². The van der Waals surface area contributed by atoms with E-state index in [9.17, 15) is 27.9 Å². The first-order chi connectivity index (χ1) is 18.6. The van der Waals surface area contributed by atoms with Gasteiger partial charge in [0.2, 0.25) is 5.88 Å². The number of benzene rings is 2. The zero-order valence-electron chi connectivity index (χ0n) is 20.4. The molecule has 1 N–H and O–H groups in total. The molecule has 0 saturated carbocycles. The van der Waals surface area contributed by atoms with Crippen LogP contribution in [0.3, 0.4) is 0 Å². The molecule has 0 radical (unpaired) electrons. The lowest BCUT2D eigenvalue weighted by atomic mass is 10.2. The van der Waals surface area contributed by atoms with E-state index in [4.69, 9.17) is 14.2 Å². The Kier molecular flexibility index (Phi) is 6.73. The van der Waals surface area contributed by atoms with Crippen molar-refractivity contribution < 1.29 is 42.1 Å². The van der Waals surface area contributed by atoms with Crippen molar-refractivity contribution in [3.05, 3.63) is 72.1 Å². The molecule has 0 bridgehead atoms. The normalized spacial score (nSPS) is 15.4. The van der Waals surface area contributed by atoms with Crippen molar-refractivity contribution in [2.45, 2.75) is 25.1 Å². The van der Waals surface area contributed by atoms with Crippen LogP contribution >= 0.6 is 0 Å². The zero-order valence-corrected chi connectivity index (χ0v) is 20.4. The maximum atomic E-state index is 13.9. The highest BCUT2D eigenvalue weighted by Crippen LogP contribution is 2.34. The number of ether oxygens (including phenoxy) is 3. The number of aromatic nitrogens is 3. The van der Waals surface area contributed by atoms with Gasteiger partial charge in [-0.3, -0.25) is 4.79 Å². The highest BCUT2D eigenvalue weighted by molar-refractivity contribution is 6.01. The molecule has 39 heavy (non-hydrogen) atoms. The molecule has 1 aliphatic rings. The Labute approximate surface area is 219 Å². The SMILES string of the molecule is COc1ccc(Oc2ccc(Oc3cc(C(F)(F)F)n4ncc(C(=O)N5CCC[C@H]5C(=O)O)c4n3)cc2)cc1. The molecule has 0 spiro atoms. The van der Waals surface area contributed by atoms with E-state index >= 15 is 0 Å². The van der Waals surface area contributed by atoms with Crippen LogP contribution in [0.5, 0.6) is 28.9 Å². The molecule has 1 aliphatic heterocycles. The van der Waals surface area contributed by atoms with Gasteiger partial charge in [-0.25, -0.2) is 9.31 Å². The summed E-state index contributed by atoms with van der Waals surface area (Å²) in [7, 11) is 1.55. The van der Waals surface area contributed by atoms with Crippen LogP contribution in [0, 0.1) is 0 Å². The minimum absolute atomic E-state index is 0.153. The molecule has 4 aromatic rings. The molecule has 1 atom stereocenters. The highest BCUT2D eigenvalue weighted by atomic mass is 19.4. The third-order valence-electron chi connectivity index (χ3n) is 6.11. The Morgan fingerprint density at radius 1 is 0.974 bits per heavy atom. The molecule has 5 rings (SSSR count). The van der Waals surface area contributed by atoms with Gasteiger partial charge < -0.3 is 24.2 Å². The van der Waals surface area contributed by atoms with Crippen LogP contribution in [0.25, 0.3) is 5.65 Å². The van der Waals surface area contributed by atoms with E-state index in [0.29, 0.717) is 34.3 Å². The van der Waals surface area contributed by atoms with Gasteiger partial charge in [0.25, 0.3) is 5.91 Å². The van der Waals surface area contributed by atoms with E-state index in [2.05, 4.69) is 10.1 Å². The van der Waals surface area contributed by atoms with Crippen LogP contribution in [-0.2, 0) is 11.0 Å². The predicted molar refractivity (Wildman–Crippen MR) is 129 cm³/mol. The molecule has 0 aliphatic carbocycles. The van der Waals surface area contributed by atoms with Crippen LogP contribution in [-0.4, -0.2) is 56.2 Å². The Hall–Kier alpha value is -4.81. The van der Waals surface area contributed by atoms with Gasteiger partial charge in [-0.05, 0) is 61.4 Å². The molecule has 10 nitrogen and oxygen atoms in total. The standard InChI is InChI=1S/C26H21F3N4O6/c1-37-15-4-6-16(7-5-15)38-17-8-10-18(11-9-17)39-22-13-21(26(27,28)29)33-23(31-22)19(14-30-33)24(34)32-12-2-3-20(32)25(35)36/h4-11,13-14,20H,2-3,12H2,1H3,(H,35,36)/t20-/m0/s1. The molecule has 13 heteroatoms. The Bertz CT molecular complexity index is 1520. The van der Waals surface area contributed by atoms with Gasteiger partial charge >= 0.3 is 12.1 Å². The number of hydrogen-bond acceptors (Lipinski definition) is 7. The van der Waals surface area contributed by atoms with Gasteiger partial charge in [0.05, 0.1) is 13.3 Å². The summed E-state index contributed by atoms with van der Waals surface area (Å²) in [5.74, 6) is -0.553. The lowest BCUT2D eigenvalue weighted by molar-refractivity contribution is -0.143. The predicted octanol–water partition coefficient (Wildman–Crippen LogP) is 5.03. The van der Waals surface area contributed by atoms with Crippen LogP contribution < -0.4 is 14.2 Å². The van der Waals surface area contributed by atoms with Crippen molar-refractivity contribution >= 4 is 17.5 Å².